The number of nitrogens with zero attached hydrogens (tertiary/aromatic N) is 1. The third-order valence-corrected chi connectivity index (χ3v) is 12.1. The molecule has 2 aliphatic carbocycles. The van der Waals surface area contributed by atoms with Crippen LogP contribution in [0.15, 0.2) is 58.4 Å². The van der Waals surface area contributed by atoms with Gasteiger partial charge in [0.25, 0.3) is 5.91 Å². The maximum absolute atomic E-state index is 13.7. The highest BCUT2D eigenvalue weighted by Gasteiger charge is 2.69. The van der Waals surface area contributed by atoms with E-state index in [0.29, 0.717) is 11.4 Å². The molecule has 0 radical (unpaired) electrons. The predicted octanol–water partition coefficient (Wildman–Crippen LogP) is 4.10. The van der Waals surface area contributed by atoms with Crippen LogP contribution in [0.25, 0.3) is 0 Å². The summed E-state index contributed by atoms with van der Waals surface area (Å²) in [5, 5.41) is 12.7. The molecule has 2 bridgehead atoms. The van der Waals surface area contributed by atoms with Crippen molar-refractivity contribution >= 4 is 52.5 Å². The largest absolute Gasteiger partial charge is 0.483 e. The first-order valence-electron chi connectivity index (χ1n) is 14.8. The number of fused-ring (bicyclic) bond motifs is 9. The second kappa shape index (κ2) is 11.2. The van der Waals surface area contributed by atoms with Crippen molar-refractivity contribution < 1.29 is 29.0 Å². The summed E-state index contributed by atoms with van der Waals surface area (Å²) in [5.41, 5.74) is 2.61. The van der Waals surface area contributed by atoms with E-state index in [-0.39, 0.29) is 77.5 Å². The van der Waals surface area contributed by atoms with Crippen LogP contribution in [0.3, 0.4) is 0 Å². The van der Waals surface area contributed by atoms with E-state index in [4.69, 9.17) is 9.84 Å². The lowest BCUT2D eigenvalue weighted by molar-refractivity contribution is -0.142. The summed E-state index contributed by atoms with van der Waals surface area (Å²) < 4.78 is 6.12. The molecule has 3 N–H and O–H groups in total. The molecule has 2 aromatic carbocycles. The van der Waals surface area contributed by atoms with Crippen LogP contribution in [0.5, 0.6) is 5.75 Å². The number of ether oxygens (including phenoxy) is 1. The van der Waals surface area contributed by atoms with Gasteiger partial charge in [0.1, 0.15) is 5.75 Å². The number of nitrogens with one attached hydrogen (secondary N) is 2. The van der Waals surface area contributed by atoms with E-state index >= 15 is 0 Å². The van der Waals surface area contributed by atoms with E-state index < -0.39 is 17.8 Å². The third-order valence-electron chi connectivity index (χ3n) is 9.54. The number of rotatable bonds is 9. The molecule has 2 saturated carbocycles. The Labute approximate surface area is 261 Å². The Balaban J connectivity index is 1.18. The van der Waals surface area contributed by atoms with Crippen molar-refractivity contribution in [2.75, 3.05) is 18.5 Å². The lowest BCUT2D eigenvalue weighted by Gasteiger charge is -2.43. The molecule has 6 unspecified atom stereocenters. The van der Waals surface area contributed by atoms with Gasteiger partial charge in [-0.1, -0.05) is 47.2 Å². The van der Waals surface area contributed by atoms with Gasteiger partial charge in [-0.05, 0) is 55.7 Å². The maximum atomic E-state index is 13.7. The Morgan fingerprint density at radius 1 is 1.05 bits per heavy atom. The Morgan fingerprint density at radius 3 is 2.52 bits per heavy atom. The fourth-order valence-electron chi connectivity index (χ4n) is 7.88. The molecule has 2 aliphatic heterocycles. The number of aromatic nitrogens is 1. The number of likely N-dealkylation sites (tertiary alicyclic amines) is 1. The highest BCUT2D eigenvalue weighted by atomic mass is 32.2. The number of amides is 3. The van der Waals surface area contributed by atoms with Crippen molar-refractivity contribution in [2.24, 2.45) is 29.6 Å². The number of hydrogen-bond acceptors (Lipinski definition) is 8. The van der Waals surface area contributed by atoms with Crippen LogP contribution >= 0.6 is 23.1 Å². The molecule has 7 rings (SSSR count). The molecule has 44 heavy (non-hydrogen) atoms. The van der Waals surface area contributed by atoms with Crippen molar-refractivity contribution in [1.29, 1.82) is 0 Å². The molecule has 3 aromatic rings. The number of imide groups is 1. The van der Waals surface area contributed by atoms with Crippen LogP contribution in [0.1, 0.15) is 41.2 Å². The van der Waals surface area contributed by atoms with Crippen molar-refractivity contribution in [2.45, 2.75) is 42.4 Å². The second-order valence-corrected chi connectivity index (χ2v) is 14.2. The van der Waals surface area contributed by atoms with Crippen molar-refractivity contribution in [3.8, 4) is 5.75 Å². The van der Waals surface area contributed by atoms with E-state index in [0.717, 1.165) is 38.8 Å². The van der Waals surface area contributed by atoms with Gasteiger partial charge in [-0.2, -0.15) is 0 Å². The number of para-hydroxylation sites is 1. The molecule has 1 aromatic heterocycles. The molecule has 0 spiro atoms. The normalized spacial score (nSPS) is 28.0. The lowest BCUT2D eigenvalue weighted by atomic mass is 9.68. The smallest absolute Gasteiger partial charge is 0.305 e. The molecule has 3 fully saturated rings. The number of carboxylic acid groups (broad SMARTS) is 1. The predicted molar refractivity (Wildman–Crippen MR) is 164 cm³/mol. The minimum atomic E-state index is -0.955. The summed E-state index contributed by atoms with van der Waals surface area (Å²) in [5.74, 6) is -2.36. The minimum Gasteiger partial charge on any atom is -0.483 e. The Hall–Kier alpha value is -3.90. The van der Waals surface area contributed by atoms with Crippen molar-refractivity contribution in [3.05, 3.63) is 74.2 Å². The number of carbonyl (C=O) groups is 4. The summed E-state index contributed by atoms with van der Waals surface area (Å²) in [6.07, 6.45) is 0.873. The van der Waals surface area contributed by atoms with E-state index in [1.807, 2.05) is 55.5 Å². The Bertz CT molecular complexity index is 1720. The number of thiazole rings is 1. The highest BCUT2D eigenvalue weighted by Crippen LogP contribution is 2.69. The number of anilines is 1. The van der Waals surface area contributed by atoms with Gasteiger partial charge >= 0.3 is 10.8 Å². The molecule has 4 aliphatic rings. The van der Waals surface area contributed by atoms with Gasteiger partial charge in [-0.25, -0.2) is 0 Å². The van der Waals surface area contributed by atoms with Crippen LogP contribution in [-0.2, 0) is 19.2 Å². The van der Waals surface area contributed by atoms with Gasteiger partial charge in [0.15, 0.2) is 6.61 Å². The molecule has 1 saturated heterocycles. The van der Waals surface area contributed by atoms with Gasteiger partial charge in [0, 0.05) is 40.3 Å². The summed E-state index contributed by atoms with van der Waals surface area (Å²) in [6.45, 7) is 1.89. The zero-order valence-electron chi connectivity index (χ0n) is 23.9. The standard InChI is InChI=1S/C32H31N3O7S2/c1-15-8-10-16(11-9-15)33-21(36)14-42-20-6-3-2-5-17(20)23-24-18-13-19(27(24)43-29-28(23)44-32(41)34-29)26-25(18)30(39)35(31(26)40)12-4-7-22(37)38/h2-3,5-6,8-11,18-19,23-27H,4,7,12-14H2,1H3,(H,33,36)(H,34,41)(H,37,38)/t18?,19?,23-,24?,25?,26?,27?/m1/s1. The SMILES string of the molecule is Cc1ccc(NC(=O)COc2ccccc2[C@H]2c3sc(=O)[nH]c3SC3C4CC(C5C(=O)N(CCCC(=O)O)C(=O)C45)C32)cc1. The number of thioether (sulfide) groups is 1. The molecule has 3 amide bonds. The second-order valence-electron chi connectivity index (χ2n) is 12.0. The lowest BCUT2D eigenvalue weighted by Crippen LogP contribution is -2.42. The van der Waals surface area contributed by atoms with Crippen LogP contribution in [0.4, 0.5) is 5.69 Å². The first-order valence-corrected chi connectivity index (χ1v) is 16.5. The van der Waals surface area contributed by atoms with Crippen molar-refractivity contribution in [3.63, 3.8) is 0 Å². The van der Waals surface area contributed by atoms with Gasteiger partial charge in [0.05, 0.1) is 16.9 Å². The average Bonchev–Trinajstić information content (AvgIpc) is 3.73. The number of aromatic amines is 1. The van der Waals surface area contributed by atoms with Gasteiger partial charge in [-0.3, -0.25) is 28.9 Å². The van der Waals surface area contributed by atoms with E-state index in [1.165, 1.54) is 4.90 Å². The number of H-pyrrole nitrogens is 1. The van der Waals surface area contributed by atoms with Crippen LogP contribution in [0.2, 0.25) is 0 Å². The van der Waals surface area contributed by atoms with E-state index in [1.54, 1.807) is 11.8 Å². The van der Waals surface area contributed by atoms with E-state index in [9.17, 15) is 24.0 Å². The van der Waals surface area contributed by atoms with Gasteiger partial charge in [0.2, 0.25) is 11.8 Å². The average molecular weight is 634 g/mol. The number of aliphatic carboxylic acids is 1. The summed E-state index contributed by atoms with van der Waals surface area (Å²) in [6, 6.07) is 15.0. The number of carboxylic acids is 1. The topological polar surface area (TPSA) is 146 Å². The molecular formula is C32H31N3O7S2. The fourth-order valence-corrected chi connectivity index (χ4v) is 10.8. The van der Waals surface area contributed by atoms with Gasteiger partial charge in [-0.15, -0.1) is 11.8 Å². The number of benzene rings is 2. The van der Waals surface area contributed by atoms with Crippen molar-refractivity contribution in [1.82, 2.24) is 9.88 Å². The third kappa shape index (κ3) is 4.84. The number of aryl methyl sites for hydroxylation is 1. The molecule has 7 atom stereocenters. The number of carbonyl (C=O) groups excluding carboxylic acids is 3. The maximum Gasteiger partial charge on any atom is 0.305 e. The zero-order chi connectivity index (χ0) is 30.7. The summed E-state index contributed by atoms with van der Waals surface area (Å²) in [7, 11) is 0. The fraction of sp³-hybridized carbons (Fsp3) is 0.406. The van der Waals surface area contributed by atoms with E-state index in [2.05, 4.69) is 10.3 Å². The van der Waals surface area contributed by atoms with Crippen LogP contribution in [0, 0.1) is 36.5 Å². The molecule has 228 valence electrons. The summed E-state index contributed by atoms with van der Waals surface area (Å²) >= 11 is 2.76. The monoisotopic (exact) mass is 633 g/mol. The molecule has 10 nitrogen and oxygen atoms in total. The first-order chi connectivity index (χ1) is 21.2. The minimum absolute atomic E-state index is 0.0117. The Kier molecular flexibility index (Phi) is 7.36. The number of hydrogen-bond donors (Lipinski definition) is 3. The molecule has 12 heteroatoms. The Morgan fingerprint density at radius 2 is 1.77 bits per heavy atom. The molecular weight excluding hydrogens is 603 g/mol. The molecule has 3 heterocycles. The quantitative estimate of drug-likeness (QED) is 0.299. The zero-order valence-corrected chi connectivity index (χ0v) is 25.5. The highest BCUT2D eigenvalue weighted by molar-refractivity contribution is 8.00. The van der Waals surface area contributed by atoms with Crippen LogP contribution in [-0.4, -0.2) is 57.1 Å². The van der Waals surface area contributed by atoms with Gasteiger partial charge < -0.3 is 20.1 Å². The van der Waals surface area contributed by atoms with Crippen LogP contribution < -0.4 is 14.9 Å². The first kappa shape index (κ1) is 28.8. The summed E-state index contributed by atoms with van der Waals surface area (Å²) in [4.78, 5) is 68.7.